The molecule has 0 aliphatic rings. The normalized spacial score (nSPS) is 10.2. The van der Waals surface area contributed by atoms with E-state index in [-0.39, 0.29) is 0 Å². The first-order valence-electron chi connectivity index (χ1n) is 4.89. The third-order valence-corrected chi connectivity index (χ3v) is 2.18. The Balaban J connectivity index is 1.93. The average Bonchev–Trinajstić information content (AvgIpc) is 2.76. The molecule has 0 aromatic carbocycles. The molecule has 15 heavy (non-hydrogen) atoms. The fourth-order valence-electron chi connectivity index (χ4n) is 1.36. The number of pyridine rings is 1. The largest absolute Gasteiger partial charge is 0.432 e. The molecule has 0 aliphatic carbocycles. The Morgan fingerprint density at radius 1 is 1.27 bits per heavy atom. The van der Waals surface area contributed by atoms with E-state index in [2.05, 4.69) is 15.3 Å². The van der Waals surface area contributed by atoms with Crippen molar-refractivity contribution in [2.45, 2.75) is 12.8 Å². The molecule has 2 aromatic rings. The minimum atomic E-state index is 0.569. The van der Waals surface area contributed by atoms with E-state index in [0.29, 0.717) is 6.01 Å². The van der Waals surface area contributed by atoms with Gasteiger partial charge in [0, 0.05) is 19.4 Å². The Kier molecular flexibility index (Phi) is 2.97. The van der Waals surface area contributed by atoms with E-state index >= 15 is 0 Å². The molecule has 0 radical (unpaired) electrons. The van der Waals surface area contributed by atoms with Crippen LogP contribution in [-0.4, -0.2) is 17.0 Å². The van der Waals surface area contributed by atoms with Crippen LogP contribution in [0.15, 0.2) is 35.2 Å². The highest BCUT2D eigenvalue weighted by Crippen LogP contribution is 2.09. The molecule has 0 aliphatic heterocycles. The first kappa shape index (κ1) is 9.71. The van der Waals surface area contributed by atoms with E-state index in [0.717, 1.165) is 18.5 Å². The van der Waals surface area contributed by atoms with E-state index < -0.39 is 0 Å². The maximum atomic E-state index is 5.17. The van der Waals surface area contributed by atoms with Crippen LogP contribution in [0.2, 0.25) is 0 Å². The van der Waals surface area contributed by atoms with Gasteiger partial charge in [0.15, 0.2) is 0 Å². The van der Waals surface area contributed by atoms with Crippen LogP contribution in [0, 0.1) is 0 Å². The van der Waals surface area contributed by atoms with Gasteiger partial charge in [-0.3, -0.25) is 4.98 Å². The van der Waals surface area contributed by atoms with Crippen molar-refractivity contribution in [3.8, 4) is 0 Å². The summed E-state index contributed by atoms with van der Waals surface area (Å²) in [6.45, 7) is 0. The third kappa shape index (κ3) is 2.56. The quantitative estimate of drug-likeness (QED) is 0.824. The van der Waals surface area contributed by atoms with Gasteiger partial charge < -0.3 is 9.73 Å². The van der Waals surface area contributed by atoms with Crippen LogP contribution < -0.4 is 5.32 Å². The van der Waals surface area contributed by atoms with Crippen molar-refractivity contribution in [2.75, 3.05) is 12.4 Å². The van der Waals surface area contributed by atoms with Crippen LogP contribution in [0.4, 0.5) is 6.01 Å². The first-order valence-corrected chi connectivity index (χ1v) is 4.89. The Hall–Kier alpha value is -1.84. The SMILES string of the molecule is CNc1nc(CCc2ccncc2)co1. The lowest BCUT2D eigenvalue weighted by atomic mass is 10.1. The number of aryl methyl sites for hydroxylation is 2. The van der Waals surface area contributed by atoms with Crippen LogP contribution in [-0.2, 0) is 12.8 Å². The highest BCUT2D eigenvalue weighted by molar-refractivity contribution is 5.20. The lowest BCUT2D eigenvalue weighted by Gasteiger charge is -1.96. The van der Waals surface area contributed by atoms with Crippen molar-refractivity contribution in [1.82, 2.24) is 9.97 Å². The highest BCUT2D eigenvalue weighted by Gasteiger charge is 2.01. The minimum Gasteiger partial charge on any atom is -0.432 e. The molecule has 4 nitrogen and oxygen atoms in total. The molecular formula is C11H13N3O. The molecule has 0 fully saturated rings. The summed E-state index contributed by atoms with van der Waals surface area (Å²) in [5.41, 5.74) is 2.23. The molecule has 0 atom stereocenters. The number of nitrogens with zero attached hydrogens (tertiary/aromatic N) is 2. The summed E-state index contributed by atoms with van der Waals surface area (Å²) >= 11 is 0. The fraction of sp³-hybridized carbons (Fsp3) is 0.273. The molecule has 0 spiro atoms. The van der Waals surface area contributed by atoms with Crippen LogP contribution in [0.25, 0.3) is 0 Å². The molecule has 2 aromatic heterocycles. The molecule has 2 rings (SSSR count). The zero-order valence-corrected chi connectivity index (χ0v) is 8.60. The van der Waals surface area contributed by atoms with Gasteiger partial charge in [0.2, 0.25) is 0 Å². The van der Waals surface area contributed by atoms with Crippen molar-refractivity contribution in [3.05, 3.63) is 42.0 Å². The molecule has 0 bridgehead atoms. The smallest absolute Gasteiger partial charge is 0.294 e. The number of hydrogen-bond donors (Lipinski definition) is 1. The second-order valence-electron chi connectivity index (χ2n) is 3.25. The monoisotopic (exact) mass is 203 g/mol. The average molecular weight is 203 g/mol. The maximum absolute atomic E-state index is 5.17. The van der Waals surface area contributed by atoms with Gasteiger partial charge in [0.05, 0.1) is 5.69 Å². The number of oxazole rings is 1. The summed E-state index contributed by atoms with van der Waals surface area (Å²) in [6.07, 6.45) is 7.13. The molecule has 1 N–H and O–H groups in total. The van der Waals surface area contributed by atoms with Gasteiger partial charge in [0.1, 0.15) is 6.26 Å². The van der Waals surface area contributed by atoms with Crippen molar-refractivity contribution in [1.29, 1.82) is 0 Å². The molecule has 2 heterocycles. The van der Waals surface area contributed by atoms with Crippen LogP contribution in [0.5, 0.6) is 0 Å². The molecule has 78 valence electrons. The molecule has 4 heteroatoms. The Morgan fingerprint density at radius 3 is 2.73 bits per heavy atom. The zero-order chi connectivity index (χ0) is 10.5. The Bertz CT molecular complexity index is 411. The van der Waals surface area contributed by atoms with Gasteiger partial charge in [-0.15, -0.1) is 0 Å². The zero-order valence-electron chi connectivity index (χ0n) is 8.60. The number of hydrogen-bond acceptors (Lipinski definition) is 4. The second-order valence-corrected chi connectivity index (χ2v) is 3.25. The predicted molar refractivity (Wildman–Crippen MR) is 57.7 cm³/mol. The van der Waals surface area contributed by atoms with Gasteiger partial charge in [-0.2, -0.15) is 4.98 Å². The van der Waals surface area contributed by atoms with Crippen molar-refractivity contribution >= 4 is 6.01 Å². The fourth-order valence-corrected chi connectivity index (χ4v) is 1.36. The Morgan fingerprint density at radius 2 is 2.07 bits per heavy atom. The summed E-state index contributed by atoms with van der Waals surface area (Å²) in [4.78, 5) is 8.22. The number of nitrogens with one attached hydrogen (secondary N) is 1. The third-order valence-electron chi connectivity index (χ3n) is 2.18. The van der Waals surface area contributed by atoms with Gasteiger partial charge in [-0.25, -0.2) is 0 Å². The summed E-state index contributed by atoms with van der Waals surface area (Å²) in [5.74, 6) is 0. The molecular weight excluding hydrogens is 190 g/mol. The van der Waals surface area contributed by atoms with E-state index in [1.165, 1.54) is 5.56 Å². The van der Waals surface area contributed by atoms with E-state index in [9.17, 15) is 0 Å². The molecule has 0 saturated heterocycles. The highest BCUT2D eigenvalue weighted by atomic mass is 16.4. The molecule has 0 amide bonds. The Labute approximate surface area is 88.4 Å². The standard InChI is InChI=1S/C11H13N3O/c1-12-11-14-10(8-15-11)3-2-9-4-6-13-7-5-9/h4-8H,2-3H2,1H3,(H,12,14). The summed E-state index contributed by atoms with van der Waals surface area (Å²) in [6, 6.07) is 4.60. The summed E-state index contributed by atoms with van der Waals surface area (Å²) < 4.78 is 5.17. The maximum Gasteiger partial charge on any atom is 0.294 e. The van der Waals surface area contributed by atoms with Gasteiger partial charge in [-0.05, 0) is 30.5 Å². The lowest BCUT2D eigenvalue weighted by molar-refractivity contribution is 0.573. The van der Waals surface area contributed by atoms with E-state index in [4.69, 9.17) is 4.42 Å². The van der Waals surface area contributed by atoms with Crippen molar-refractivity contribution < 1.29 is 4.42 Å². The van der Waals surface area contributed by atoms with E-state index in [1.54, 1.807) is 25.7 Å². The van der Waals surface area contributed by atoms with Gasteiger partial charge in [0.25, 0.3) is 6.01 Å². The second kappa shape index (κ2) is 4.59. The first-order chi connectivity index (χ1) is 7.38. The molecule has 0 unspecified atom stereocenters. The number of rotatable bonds is 4. The topological polar surface area (TPSA) is 51.0 Å². The van der Waals surface area contributed by atoms with E-state index in [1.807, 2.05) is 12.1 Å². The number of anilines is 1. The van der Waals surface area contributed by atoms with Crippen LogP contribution in [0.1, 0.15) is 11.3 Å². The molecule has 0 saturated carbocycles. The minimum absolute atomic E-state index is 0.569. The number of aromatic nitrogens is 2. The van der Waals surface area contributed by atoms with Crippen molar-refractivity contribution in [2.24, 2.45) is 0 Å². The van der Waals surface area contributed by atoms with Crippen LogP contribution >= 0.6 is 0 Å². The summed E-state index contributed by atoms with van der Waals surface area (Å²) in [7, 11) is 1.79. The van der Waals surface area contributed by atoms with Gasteiger partial charge >= 0.3 is 0 Å². The van der Waals surface area contributed by atoms with Crippen molar-refractivity contribution in [3.63, 3.8) is 0 Å². The lowest BCUT2D eigenvalue weighted by Crippen LogP contribution is -1.93. The van der Waals surface area contributed by atoms with Gasteiger partial charge in [-0.1, -0.05) is 0 Å². The van der Waals surface area contributed by atoms with Crippen LogP contribution in [0.3, 0.4) is 0 Å². The predicted octanol–water partition coefficient (Wildman–Crippen LogP) is 1.90. The summed E-state index contributed by atoms with van der Waals surface area (Å²) in [5, 5.41) is 2.86.